The van der Waals surface area contributed by atoms with Crippen molar-refractivity contribution in [2.45, 2.75) is 18.9 Å². The summed E-state index contributed by atoms with van der Waals surface area (Å²) >= 11 is 0. The molecule has 0 saturated heterocycles. The molecular weight excluding hydrogens is 287 g/mol. The Kier molecular flexibility index (Phi) is 4.31. The smallest absolute Gasteiger partial charge is 0.358 e. The van der Waals surface area contributed by atoms with Crippen molar-refractivity contribution in [1.29, 1.82) is 5.26 Å². The van der Waals surface area contributed by atoms with E-state index in [1.165, 1.54) is 6.07 Å². The number of nitriles is 1. The second kappa shape index (κ2) is 5.40. The number of nitro groups is 1. The maximum absolute atomic E-state index is 12.5. The summed E-state index contributed by atoms with van der Waals surface area (Å²) in [6.45, 7) is 1.47. The lowest BCUT2D eigenvalue weighted by Crippen LogP contribution is -2.33. The SMILES string of the molecule is CCC1=C(C#N)C(S(=O)C(F)(F)F)=C([N+](=O)[O-])NC1. The monoisotopic (exact) mass is 295 g/mol. The van der Waals surface area contributed by atoms with Crippen LogP contribution in [0.5, 0.6) is 0 Å². The van der Waals surface area contributed by atoms with E-state index in [1.807, 2.05) is 0 Å². The first-order valence-corrected chi connectivity index (χ1v) is 6.12. The summed E-state index contributed by atoms with van der Waals surface area (Å²) in [5, 5.41) is 21.8. The molecule has 1 N–H and O–H groups in total. The lowest BCUT2D eigenvalue weighted by molar-refractivity contribution is -0.432. The maximum Gasteiger partial charge on any atom is 0.476 e. The molecule has 0 saturated carbocycles. The number of allylic oxidation sites excluding steroid dienone is 1. The van der Waals surface area contributed by atoms with Gasteiger partial charge >= 0.3 is 11.3 Å². The van der Waals surface area contributed by atoms with Crippen LogP contribution in [0.1, 0.15) is 13.3 Å². The van der Waals surface area contributed by atoms with Crippen molar-refractivity contribution < 1.29 is 22.3 Å². The van der Waals surface area contributed by atoms with Gasteiger partial charge in [-0.15, -0.1) is 0 Å². The number of alkyl halides is 3. The van der Waals surface area contributed by atoms with Gasteiger partial charge < -0.3 is 10.1 Å². The molecule has 0 fully saturated rings. The molecule has 0 radical (unpaired) electrons. The molecule has 104 valence electrons. The number of nitrogens with zero attached hydrogens (tertiary/aromatic N) is 2. The zero-order valence-corrected chi connectivity index (χ0v) is 10.4. The second-order valence-electron chi connectivity index (χ2n) is 3.45. The van der Waals surface area contributed by atoms with Gasteiger partial charge in [-0.05, 0) is 16.9 Å². The van der Waals surface area contributed by atoms with Crippen molar-refractivity contribution in [1.82, 2.24) is 5.32 Å². The zero-order chi connectivity index (χ0) is 14.8. The Morgan fingerprint density at radius 1 is 1.58 bits per heavy atom. The van der Waals surface area contributed by atoms with Gasteiger partial charge in [0.05, 0.1) is 5.57 Å². The van der Waals surface area contributed by atoms with Crippen molar-refractivity contribution in [3.8, 4) is 6.07 Å². The summed E-state index contributed by atoms with van der Waals surface area (Å²) in [6, 6.07) is 1.48. The van der Waals surface area contributed by atoms with E-state index in [0.29, 0.717) is 0 Å². The summed E-state index contributed by atoms with van der Waals surface area (Å²) in [5.74, 6) is -1.04. The average molecular weight is 295 g/mol. The quantitative estimate of drug-likeness (QED) is 0.629. The molecule has 1 atom stereocenters. The predicted octanol–water partition coefficient (Wildman–Crippen LogP) is 1.53. The van der Waals surface area contributed by atoms with Crippen LogP contribution in [0.4, 0.5) is 13.2 Å². The van der Waals surface area contributed by atoms with E-state index in [1.54, 1.807) is 6.92 Å². The molecule has 0 aromatic heterocycles. The number of hydrogen-bond donors (Lipinski definition) is 1. The number of dihydropyridines is 1. The van der Waals surface area contributed by atoms with Crippen LogP contribution < -0.4 is 5.32 Å². The fraction of sp³-hybridized carbons (Fsp3) is 0.444. The van der Waals surface area contributed by atoms with Crippen molar-refractivity contribution in [3.05, 3.63) is 32.0 Å². The summed E-state index contributed by atoms with van der Waals surface area (Å²) in [6.07, 6.45) is 0.222. The van der Waals surface area contributed by atoms with E-state index in [-0.39, 0.29) is 18.5 Å². The third kappa shape index (κ3) is 2.93. The molecular formula is C9H8F3N3O3S. The molecule has 0 aromatic carbocycles. The minimum absolute atomic E-state index is 0.117. The first kappa shape index (κ1) is 15.2. The first-order chi connectivity index (χ1) is 8.73. The van der Waals surface area contributed by atoms with Crippen LogP contribution >= 0.6 is 0 Å². The van der Waals surface area contributed by atoms with E-state index in [4.69, 9.17) is 5.26 Å². The molecule has 6 nitrogen and oxygen atoms in total. The molecule has 19 heavy (non-hydrogen) atoms. The molecule has 0 aromatic rings. The Morgan fingerprint density at radius 3 is 2.53 bits per heavy atom. The van der Waals surface area contributed by atoms with Gasteiger partial charge in [-0.1, -0.05) is 6.92 Å². The number of hydrogen-bond acceptors (Lipinski definition) is 5. The van der Waals surface area contributed by atoms with Crippen molar-refractivity contribution in [3.63, 3.8) is 0 Å². The van der Waals surface area contributed by atoms with Gasteiger partial charge in [-0.25, -0.2) is 4.21 Å². The number of nitrogens with one attached hydrogen (secondary N) is 1. The largest absolute Gasteiger partial charge is 0.476 e. The Hall–Kier alpha value is -1.89. The van der Waals surface area contributed by atoms with Crippen LogP contribution in [0.3, 0.4) is 0 Å². The summed E-state index contributed by atoms with van der Waals surface area (Å²) in [5.41, 5.74) is -5.44. The molecule has 0 spiro atoms. The van der Waals surface area contributed by atoms with E-state index in [9.17, 15) is 27.5 Å². The number of halogens is 3. The standard InChI is InChI=1S/C9H8F3N3O3S/c1-2-5-4-14-8(15(16)17)7(6(5)3-13)19(18)9(10,11)12/h14H,2,4H2,1H3. The van der Waals surface area contributed by atoms with Crippen LogP contribution in [-0.4, -0.2) is 21.2 Å². The van der Waals surface area contributed by atoms with Crippen LogP contribution in [0.25, 0.3) is 0 Å². The molecule has 0 amide bonds. The maximum atomic E-state index is 12.5. The minimum Gasteiger partial charge on any atom is -0.358 e. The average Bonchev–Trinajstić information content (AvgIpc) is 2.34. The molecule has 1 heterocycles. The topological polar surface area (TPSA) is 96.0 Å². The fourth-order valence-electron chi connectivity index (χ4n) is 1.51. The molecule has 0 bridgehead atoms. The highest BCUT2D eigenvalue weighted by atomic mass is 32.2. The highest BCUT2D eigenvalue weighted by molar-refractivity contribution is 7.90. The predicted molar refractivity (Wildman–Crippen MR) is 59.2 cm³/mol. The van der Waals surface area contributed by atoms with Crippen LogP contribution in [0.2, 0.25) is 0 Å². The van der Waals surface area contributed by atoms with E-state index in [0.717, 1.165) is 0 Å². The second-order valence-corrected chi connectivity index (χ2v) is 4.86. The summed E-state index contributed by atoms with van der Waals surface area (Å²) in [4.78, 5) is 8.49. The van der Waals surface area contributed by atoms with Gasteiger partial charge in [0.25, 0.3) is 0 Å². The highest BCUT2D eigenvalue weighted by Crippen LogP contribution is 2.34. The molecule has 0 aliphatic carbocycles. The lowest BCUT2D eigenvalue weighted by atomic mass is 10.0. The van der Waals surface area contributed by atoms with Crippen molar-refractivity contribution >= 4 is 10.8 Å². The van der Waals surface area contributed by atoms with Crippen LogP contribution in [0, 0.1) is 21.4 Å². The van der Waals surface area contributed by atoms with Gasteiger partial charge in [0.1, 0.15) is 12.6 Å². The third-order valence-corrected chi connectivity index (χ3v) is 3.57. The molecule has 10 heteroatoms. The van der Waals surface area contributed by atoms with Crippen molar-refractivity contribution in [2.24, 2.45) is 0 Å². The molecule has 1 rings (SSSR count). The highest BCUT2D eigenvalue weighted by Gasteiger charge is 2.46. The number of rotatable bonds is 3. The summed E-state index contributed by atoms with van der Waals surface area (Å²) in [7, 11) is -3.63. The minimum atomic E-state index is -5.17. The first-order valence-electron chi connectivity index (χ1n) is 4.97. The summed E-state index contributed by atoms with van der Waals surface area (Å²) < 4.78 is 48.8. The molecule has 1 aliphatic heterocycles. The van der Waals surface area contributed by atoms with Gasteiger partial charge in [0.15, 0.2) is 15.7 Å². The van der Waals surface area contributed by atoms with E-state index < -0.39 is 37.5 Å². The molecule has 1 aliphatic rings. The Labute approximate surface area is 108 Å². The van der Waals surface area contributed by atoms with Gasteiger partial charge in [-0.3, -0.25) is 5.32 Å². The van der Waals surface area contributed by atoms with Gasteiger partial charge in [0, 0.05) is 0 Å². The lowest BCUT2D eigenvalue weighted by Gasteiger charge is -2.18. The third-order valence-electron chi connectivity index (χ3n) is 2.38. The van der Waals surface area contributed by atoms with E-state index in [2.05, 4.69) is 5.32 Å². The Bertz CT molecular complexity index is 545. The Morgan fingerprint density at radius 2 is 2.16 bits per heavy atom. The van der Waals surface area contributed by atoms with Gasteiger partial charge in [-0.2, -0.15) is 18.4 Å². The van der Waals surface area contributed by atoms with E-state index >= 15 is 0 Å². The normalized spacial score (nSPS) is 17.8. The van der Waals surface area contributed by atoms with Crippen LogP contribution in [-0.2, 0) is 10.8 Å². The molecule has 1 unspecified atom stereocenters. The zero-order valence-electron chi connectivity index (χ0n) is 9.58. The van der Waals surface area contributed by atoms with Crippen molar-refractivity contribution in [2.75, 3.05) is 6.54 Å². The van der Waals surface area contributed by atoms with Crippen LogP contribution in [0.15, 0.2) is 21.9 Å². The fourth-order valence-corrected chi connectivity index (χ4v) is 2.44. The van der Waals surface area contributed by atoms with Gasteiger partial charge in [0.2, 0.25) is 0 Å². The Balaban J connectivity index is 3.55.